The lowest BCUT2D eigenvalue weighted by molar-refractivity contribution is -0.116. The molecule has 0 saturated carbocycles. The normalized spacial score (nSPS) is 10.3. The van der Waals surface area contributed by atoms with Crippen LogP contribution in [-0.2, 0) is 4.79 Å². The Bertz CT molecular complexity index is 495. The Hall–Kier alpha value is -1.88. The molecule has 0 bridgehead atoms. The number of nitrogens with one attached hydrogen (secondary N) is 1. The van der Waals surface area contributed by atoms with E-state index in [9.17, 15) is 4.79 Å². The van der Waals surface area contributed by atoms with Gasteiger partial charge >= 0.3 is 0 Å². The molecular weight excluding hydrogens is 252 g/mol. The zero-order valence-electron chi connectivity index (χ0n) is 9.71. The molecule has 0 unspecified atom stereocenters. The number of nitrogens with zero attached hydrogens (tertiary/aromatic N) is 3. The lowest BCUT2D eigenvalue weighted by atomic mass is 10.2. The third-order valence-corrected chi connectivity index (χ3v) is 2.64. The second-order valence-corrected chi connectivity index (χ2v) is 4.11. The smallest absolute Gasteiger partial charge is 0.224 e. The van der Waals surface area contributed by atoms with Gasteiger partial charge in [0.05, 0.1) is 5.69 Å². The largest absolute Gasteiger partial charge is 0.326 e. The van der Waals surface area contributed by atoms with E-state index in [2.05, 4.69) is 15.4 Å². The van der Waals surface area contributed by atoms with Crippen molar-refractivity contribution in [2.45, 2.75) is 12.8 Å². The molecule has 5 nitrogen and oxygen atoms in total. The Morgan fingerprint density at radius 1 is 1.33 bits per heavy atom. The maximum absolute atomic E-state index is 11.5. The number of halogens is 1. The van der Waals surface area contributed by atoms with Gasteiger partial charge in [0.1, 0.15) is 12.7 Å². The van der Waals surface area contributed by atoms with Crippen molar-refractivity contribution in [1.82, 2.24) is 14.8 Å². The molecule has 0 aliphatic rings. The highest BCUT2D eigenvalue weighted by Gasteiger charge is 2.02. The van der Waals surface area contributed by atoms with Crippen LogP contribution in [-0.4, -0.2) is 26.6 Å². The summed E-state index contributed by atoms with van der Waals surface area (Å²) in [5.74, 6) is 0.475. The van der Waals surface area contributed by atoms with Crippen LogP contribution in [0.15, 0.2) is 36.9 Å². The molecule has 2 rings (SSSR count). The van der Waals surface area contributed by atoms with Crippen molar-refractivity contribution in [3.8, 4) is 5.69 Å². The molecule has 6 heteroatoms. The molecule has 0 fully saturated rings. The number of benzene rings is 1. The molecule has 0 radical (unpaired) electrons. The standard InChI is InChI=1S/C12H13ClN4O/c13-7-1-2-12(18)16-10-3-5-11(6-4-10)17-9-14-8-15-17/h3-6,8-9H,1-2,7H2,(H,16,18). The number of aromatic nitrogens is 3. The van der Waals surface area contributed by atoms with Gasteiger partial charge in [-0.05, 0) is 30.7 Å². The van der Waals surface area contributed by atoms with E-state index in [1.807, 2.05) is 24.3 Å². The first-order chi connectivity index (χ1) is 8.79. The number of amides is 1. The number of carbonyl (C=O) groups is 1. The zero-order valence-corrected chi connectivity index (χ0v) is 10.5. The van der Waals surface area contributed by atoms with E-state index in [1.54, 1.807) is 11.0 Å². The summed E-state index contributed by atoms with van der Waals surface area (Å²) < 4.78 is 1.65. The Balaban J connectivity index is 1.98. The molecule has 1 heterocycles. The summed E-state index contributed by atoms with van der Waals surface area (Å²) in [5.41, 5.74) is 1.66. The molecule has 1 N–H and O–H groups in total. The van der Waals surface area contributed by atoms with Crippen molar-refractivity contribution < 1.29 is 4.79 Å². The van der Waals surface area contributed by atoms with E-state index in [0.717, 1.165) is 11.4 Å². The number of hydrogen-bond donors (Lipinski definition) is 1. The maximum atomic E-state index is 11.5. The van der Waals surface area contributed by atoms with Crippen LogP contribution in [0.4, 0.5) is 5.69 Å². The minimum Gasteiger partial charge on any atom is -0.326 e. The van der Waals surface area contributed by atoms with Gasteiger partial charge in [-0.2, -0.15) is 5.10 Å². The highest BCUT2D eigenvalue weighted by atomic mass is 35.5. The predicted molar refractivity (Wildman–Crippen MR) is 69.9 cm³/mol. The average molecular weight is 265 g/mol. The van der Waals surface area contributed by atoms with Gasteiger partial charge in [0.2, 0.25) is 5.91 Å². The quantitative estimate of drug-likeness (QED) is 0.843. The minimum atomic E-state index is -0.0239. The van der Waals surface area contributed by atoms with Crippen molar-refractivity contribution in [2.24, 2.45) is 0 Å². The van der Waals surface area contributed by atoms with Crippen molar-refractivity contribution in [1.29, 1.82) is 0 Å². The van der Waals surface area contributed by atoms with Crippen LogP contribution >= 0.6 is 11.6 Å². The van der Waals surface area contributed by atoms with E-state index in [4.69, 9.17) is 11.6 Å². The number of anilines is 1. The Labute approximate surface area is 110 Å². The topological polar surface area (TPSA) is 59.8 Å². The summed E-state index contributed by atoms with van der Waals surface area (Å²) in [5, 5.41) is 6.83. The lowest BCUT2D eigenvalue weighted by Crippen LogP contribution is -2.11. The average Bonchev–Trinajstić information content (AvgIpc) is 2.91. The Morgan fingerprint density at radius 2 is 2.11 bits per heavy atom. The Morgan fingerprint density at radius 3 is 2.72 bits per heavy atom. The lowest BCUT2D eigenvalue weighted by Gasteiger charge is -2.05. The first kappa shape index (κ1) is 12.6. The molecular formula is C12H13ClN4O. The van der Waals surface area contributed by atoms with E-state index >= 15 is 0 Å². The van der Waals surface area contributed by atoms with Crippen molar-refractivity contribution >= 4 is 23.2 Å². The molecule has 0 atom stereocenters. The van der Waals surface area contributed by atoms with Crippen LogP contribution in [0.25, 0.3) is 5.69 Å². The van der Waals surface area contributed by atoms with Gasteiger partial charge < -0.3 is 5.32 Å². The summed E-state index contributed by atoms with van der Waals surface area (Å²) >= 11 is 5.53. The minimum absolute atomic E-state index is 0.0239. The van der Waals surface area contributed by atoms with Crippen LogP contribution in [0.2, 0.25) is 0 Å². The van der Waals surface area contributed by atoms with E-state index in [-0.39, 0.29) is 5.91 Å². The van der Waals surface area contributed by atoms with Gasteiger partial charge in [-0.3, -0.25) is 4.79 Å². The third-order valence-electron chi connectivity index (χ3n) is 2.37. The second kappa shape index (κ2) is 6.16. The van der Waals surface area contributed by atoms with Crippen molar-refractivity contribution in [3.63, 3.8) is 0 Å². The fourth-order valence-corrected chi connectivity index (χ4v) is 1.62. The fraction of sp³-hybridized carbons (Fsp3) is 0.250. The van der Waals surface area contributed by atoms with Gasteiger partial charge in [0.25, 0.3) is 0 Å². The molecule has 0 spiro atoms. The highest BCUT2D eigenvalue weighted by Crippen LogP contribution is 2.12. The molecule has 94 valence electrons. The van der Waals surface area contributed by atoms with Crippen LogP contribution in [0.5, 0.6) is 0 Å². The van der Waals surface area contributed by atoms with Gasteiger partial charge in [-0.1, -0.05) is 0 Å². The molecule has 1 amide bonds. The highest BCUT2D eigenvalue weighted by molar-refractivity contribution is 6.18. The molecule has 2 aromatic rings. The summed E-state index contributed by atoms with van der Waals surface area (Å²) in [6, 6.07) is 7.39. The number of rotatable bonds is 5. The molecule has 1 aromatic carbocycles. The van der Waals surface area contributed by atoms with Crippen molar-refractivity contribution in [2.75, 3.05) is 11.2 Å². The Kier molecular flexibility index (Phi) is 4.30. The van der Waals surface area contributed by atoms with Gasteiger partial charge in [-0.25, -0.2) is 9.67 Å². The summed E-state index contributed by atoms with van der Waals surface area (Å²) in [6.07, 6.45) is 4.22. The molecule has 0 aliphatic carbocycles. The van der Waals surface area contributed by atoms with E-state index in [0.29, 0.717) is 18.7 Å². The first-order valence-electron chi connectivity index (χ1n) is 5.60. The monoisotopic (exact) mass is 264 g/mol. The van der Waals surface area contributed by atoms with Gasteiger partial charge in [0, 0.05) is 18.0 Å². The summed E-state index contributed by atoms with van der Waals surface area (Å²) in [6.45, 7) is 0. The number of hydrogen-bond acceptors (Lipinski definition) is 3. The van der Waals surface area contributed by atoms with Crippen LogP contribution < -0.4 is 5.32 Å². The van der Waals surface area contributed by atoms with Gasteiger partial charge in [0.15, 0.2) is 0 Å². The van der Waals surface area contributed by atoms with E-state index in [1.165, 1.54) is 6.33 Å². The second-order valence-electron chi connectivity index (χ2n) is 3.73. The zero-order chi connectivity index (χ0) is 12.8. The van der Waals surface area contributed by atoms with Crippen LogP contribution in [0, 0.1) is 0 Å². The van der Waals surface area contributed by atoms with E-state index < -0.39 is 0 Å². The maximum Gasteiger partial charge on any atom is 0.224 e. The molecule has 0 saturated heterocycles. The fourth-order valence-electron chi connectivity index (χ4n) is 1.49. The van der Waals surface area contributed by atoms with Crippen molar-refractivity contribution in [3.05, 3.63) is 36.9 Å². The number of alkyl halides is 1. The molecule has 18 heavy (non-hydrogen) atoms. The van der Waals surface area contributed by atoms with Crippen LogP contribution in [0.1, 0.15) is 12.8 Å². The SMILES string of the molecule is O=C(CCCCl)Nc1ccc(-n2cncn2)cc1. The molecule has 1 aromatic heterocycles. The summed E-state index contributed by atoms with van der Waals surface area (Å²) in [7, 11) is 0. The third kappa shape index (κ3) is 3.30. The van der Waals surface area contributed by atoms with Gasteiger partial charge in [-0.15, -0.1) is 11.6 Å². The number of carbonyl (C=O) groups excluding carboxylic acids is 1. The van der Waals surface area contributed by atoms with Crippen LogP contribution in [0.3, 0.4) is 0 Å². The molecule has 0 aliphatic heterocycles. The predicted octanol–water partition coefficient (Wildman–Crippen LogP) is 2.22. The summed E-state index contributed by atoms with van der Waals surface area (Å²) in [4.78, 5) is 15.4. The first-order valence-corrected chi connectivity index (χ1v) is 6.14.